The highest BCUT2D eigenvalue weighted by Gasteiger charge is 1.97. The van der Waals surface area contributed by atoms with Crippen LogP contribution >= 0.6 is 0 Å². The van der Waals surface area contributed by atoms with Crippen LogP contribution in [0.5, 0.6) is 11.5 Å². The topological polar surface area (TPSA) is 33.3 Å². The van der Waals surface area contributed by atoms with Gasteiger partial charge in [0.1, 0.15) is 11.5 Å². The van der Waals surface area contributed by atoms with Gasteiger partial charge in [0.15, 0.2) is 0 Å². The van der Waals surface area contributed by atoms with Crippen LogP contribution in [-0.4, -0.2) is 19.1 Å². The fourth-order valence-corrected chi connectivity index (χ4v) is 1.83. The summed E-state index contributed by atoms with van der Waals surface area (Å²) in [5, 5.41) is 6.75. The first kappa shape index (κ1) is 14.4. The fourth-order valence-electron chi connectivity index (χ4n) is 1.83. The predicted octanol–water partition coefficient (Wildman–Crippen LogP) is 3.89. The van der Waals surface area contributed by atoms with Crippen molar-refractivity contribution in [3.05, 3.63) is 54.6 Å². The van der Waals surface area contributed by atoms with Gasteiger partial charge in [0.2, 0.25) is 0 Å². The normalized spacial score (nSPS) is 10.6. The van der Waals surface area contributed by atoms with E-state index >= 15 is 0 Å². The molecule has 0 spiro atoms. The molecular formula is C17H22N2O. The first-order chi connectivity index (χ1) is 9.74. The third-order valence-corrected chi connectivity index (χ3v) is 2.84. The molecule has 0 atom stereocenters. The van der Waals surface area contributed by atoms with E-state index in [1.54, 1.807) is 0 Å². The molecule has 2 aromatic rings. The quantitative estimate of drug-likeness (QED) is 0.749. The predicted molar refractivity (Wildman–Crippen MR) is 84.6 cm³/mol. The number of benzene rings is 2. The van der Waals surface area contributed by atoms with Gasteiger partial charge in [-0.25, -0.2) is 0 Å². The van der Waals surface area contributed by atoms with Gasteiger partial charge < -0.3 is 15.4 Å². The van der Waals surface area contributed by atoms with Gasteiger partial charge in [0.05, 0.1) is 0 Å². The van der Waals surface area contributed by atoms with E-state index < -0.39 is 0 Å². The first-order valence-electron chi connectivity index (χ1n) is 7.04. The molecule has 0 aliphatic rings. The lowest BCUT2D eigenvalue weighted by molar-refractivity contribution is 0.483. The van der Waals surface area contributed by atoms with Crippen molar-refractivity contribution >= 4 is 5.69 Å². The molecule has 0 unspecified atom stereocenters. The fraction of sp³-hybridized carbons (Fsp3) is 0.294. The van der Waals surface area contributed by atoms with Crippen molar-refractivity contribution in [3.8, 4) is 11.5 Å². The van der Waals surface area contributed by atoms with Crippen LogP contribution in [0.25, 0.3) is 0 Å². The molecule has 0 aliphatic carbocycles. The van der Waals surface area contributed by atoms with Crippen LogP contribution in [0.3, 0.4) is 0 Å². The maximum absolute atomic E-state index is 5.75. The molecule has 2 rings (SSSR count). The summed E-state index contributed by atoms with van der Waals surface area (Å²) in [5.41, 5.74) is 1.11. The van der Waals surface area contributed by atoms with E-state index in [1.807, 2.05) is 54.6 Å². The molecule has 0 heterocycles. The van der Waals surface area contributed by atoms with Gasteiger partial charge in [-0.3, -0.25) is 0 Å². The van der Waals surface area contributed by atoms with Crippen molar-refractivity contribution in [2.24, 2.45) is 0 Å². The van der Waals surface area contributed by atoms with E-state index in [0.29, 0.717) is 6.04 Å². The van der Waals surface area contributed by atoms with Crippen LogP contribution in [0.2, 0.25) is 0 Å². The molecule has 0 aliphatic heterocycles. The van der Waals surface area contributed by atoms with E-state index in [2.05, 4.69) is 24.5 Å². The van der Waals surface area contributed by atoms with Crippen LogP contribution in [0, 0.1) is 0 Å². The summed E-state index contributed by atoms with van der Waals surface area (Å²) in [6.07, 6.45) is 0. The Bertz CT molecular complexity index is 494. The number of anilines is 1. The van der Waals surface area contributed by atoms with E-state index in [4.69, 9.17) is 4.74 Å². The second kappa shape index (κ2) is 7.56. The number of nitrogens with one attached hydrogen (secondary N) is 2. The average molecular weight is 270 g/mol. The van der Waals surface area contributed by atoms with Crippen LogP contribution in [0.15, 0.2) is 54.6 Å². The highest BCUT2D eigenvalue weighted by atomic mass is 16.5. The zero-order valence-electron chi connectivity index (χ0n) is 12.1. The Morgan fingerprint density at radius 2 is 1.50 bits per heavy atom. The summed E-state index contributed by atoms with van der Waals surface area (Å²) in [6.45, 7) is 6.17. The number of para-hydroxylation sites is 1. The maximum atomic E-state index is 5.75. The van der Waals surface area contributed by atoms with Crippen LogP contribution in [0.4, 0.5) is 5.69 Å². The van der Waals surface area contributed by atoms with E-state index in [9.17, 15) is 0 Å². The molecule has 2 aromatic carbocycles. The Morgan fingerprint density at radius 3 is 2.15 bits per heavy atom. The summed E-state index contributed by atoms with van der Waals surface area (Å²) < 4.78 is 5.75. The standard InChI is InChI=1S/C17H22N2O/c1-14(2)18-12-13-19-15-8-10-17(11-9-15)20-16-6-4-3-5-7-16/h3-11,14,18-19H,12-13H2,1-2H3. The van der Waals surface area contributed by atoms with Crippen molar-refractivity contribution in [2.75, 3.05) is 18.4 Å². The molecule has 20 heavy (non-hydrogen) atoms. The summed E-state index contributed by atoms with van der Waals surface area (Å²) in [5.74, 6) is 1.70. The zero-order valence-corrected chi connectivity index (χ0v) is 12.1. The second-order valence-electron chi connectivity index (χ2n) is 4.98. The van der Waals surface area contributed by atoms with Gasteiger partial charge in [-0.2, -0.15) is 0 Å². The number of hydrogen-bond acceptors (Lipinski definition) is 3. The van der Waals surface area contributed by atoms with Crippen molar-refractivity contribution in [3.63, 3.8) is 0 Å². The maximum Gasteiger partial charge on any atom is 0.127 e. The van der Waals surface area contributed by atoms with Crippen LogP contribution in [0.1, 0.15) is 13.8 Å². The number of hydrogen-bond donors (Lipinski definition) is 2. The Hall–Kier alpha value is -2.00. The van der Waals surface area contributed by atoms with Gasteiger partial charge in [-0.05, 0) is 36.4 Å². The summed E-state index contributed by atoms with van der Waals surface area (Å²) >= 11 is 0. The van der Waals surface area contributed by atoms with E-state index in [-0.39, 0.29) is 0 Å². The Balaban J connectivity index is 1.81. The first-order valence-corrected chi connectivity index (χ1v) is 7.04. The van der Waals surface area contributed by atoms with Gasteiger partial charge in [-0.1, -0.05) is 32.0 Å². The zero-order chi connectivity index (χ0) is 14.2. The van der Waals surface area contributed by atoms with Gasteiger partial charge >= 0.3 is 0 Å². The lowest BCUT2D eigenvalue weighted by Crippen LogP contribution is -2.28. The van der Waals surface area contributed by atoms with Gasteiger partial charge in [-0.15, -0.1) is 0 Å². The minimum atomic E-state index is 0.526. The molecule has 0 bridgehead atoms. The Kier molecular flexibility index (Phi) is 5.44. The third-order valence-electron chi connectivity index (χ3n) is 2.84. The molecule has 0 fully saturated rings. The van der Waals surface area contributed by atoms with Gasteiger partial charge in [0, 0.05) is 24.8 Å². The van der Waals surface area contributed by atoms with Gasteiger partial charge in [0.25, 0.3) is 0 Å². The molecule has 3 nitrogen and oxygen atoms in total. The Labute approximate surface area is 121 Å². The van der Waals surface area contributed by atoms with Crippen molar-refractivity contribution in [2.45, 2.75) is 19.9 Å². The molecule has 0 saturated carbocycles. The molecule has 0 amide bonds. The summed E-state index contributed by atoms with van der Waals surface area (Å²) in [6, 6.07) is 18.4. The number of ether oxygens (including phenoxy) is 1. The highest BCUT2D eigenvalue weighted by Crippen LogP contribution is 2.22. The lowest BCUT2D eigenvalue weighted by Gasteiger charge is -2.11. The molecule has 0 aromatic heterocycles. The smallest absolute Gasteiger partial charge is 0.127 e. The number of rotatable bonds is 7. The third kappa shape index (κ3) is 4.94. The molecular weight excluding hydrogens is 248 g/mol. The van der Waals surface area contributed by atoms with E-state index in [1.165, 1.54) is 0 Å². The molecule has 106 valence electrons. The SMILES string of the molecule is CC(C)NCCNc1ccc(Oc2ccccc2)cc1. The molecule has 0 radical (unpaired) electrons. The minimum Gasteiger partial charge on any atom is -0.457 e. The summed E-state index contributed by atoms with van der Waals surface area (Å²) in [7, 11) is 0. The largest absolute Gasteiger partial charge is 0.457 e. The van der Waals surface area contributed by atoms with E-state index in [0.717, 1.165) is 30.3 Å². The average Bonchev–Trinajstić information content (AvgIpc) is 2.46. The molecule has 3 heteroatoms. The molecule has 0 saturated heterocycles. The van der Waals surface area contributed by atoms with Crippen molar-refractivity contribution in [1.82, 2.24) is 5.32 Å². The second-order valence-corrected chi connectivity index (χ2v) is 4.98. The minimum absolute atomic E-state index is 0.526. The van der Waals surface area contributed by atoms with Crippen molar-refractivity contribution in [1.29, 1.82) is 0 Å². The molecule has 2 N–H and O–H groups in total. The highest BCUT2D eigenvalue weighted by molar-refractivity contribution is 5.47. The van der Waals surface area contributed by atoms with Crippen LogP contribution < -0.4 is 15.4 Å². The monoisotopic (exact) mass is 270 g/mol. The van der Waals surface area contributed by atoms with Crippen molar-refractivity contribution < 1.29 is 4.74 Å². The van der Waals surface area contributed by atoms with Crippen LogP contribution in [-0.2, 0) is 0 Å². The summed E-state index contributed by atoms with van der Waals surface area (Å²) in [4.78, 5) is 0. The lowest BCUT2D eigenvalue weighted by atomic mass is 10.3. The Morgan fingerprint density at radius 1 is 0.850 bits per heavy atom.